The smallest absolute Gasteiger partial charge is 0.261 e. The molecule has 0 atom stereocenters. The molecule has 0 N–H and O–H groups in total. The lowest BCUT2D eigenvalue weighted by Crippen LogP contribution is -2.35. The molecule has 0 saturated heterocycles. The van der Waals surface area contributed by atoms with Gasteiger partial charge in [0.25, 0.3) is 11.8 Å². The van der Waals surface area contributed by atoms with E-state index in [1.54, 1.807) is 11.3 Å². The van der Waals surface area contributed by atoms with Gasteiger partial charge in [-0.2, -0.15) is 4.31 Å². The standard InChI is InChI=1S/C16H14N2O4S2/c1-17-15(19)12-3-2-11(8-13(12)16(17)20)24(21,22)18-6-4-14-10(9-18)5-7-23-14/h2-3,5,7-8H,4,6,9H2,1H3. The highest BCUT2D eigenvalue weighted by atomic mass is 32.2. The fourth-order valence-corrected chi connectivity index (χ4v) is 5.41. The van der Waals surface area contributed by atoms with E-state index in [-0.39, 0.29) is 16.0 Å². The maximum absolute atomic E-state index is 12.9. The van der Waals surface area contributed by atoms with E-state index in [9.17, 15) is 18.0 Å². The fourth-order valence-electron chi connectivity index (χ4n) is 3.08. The molecule has 2 amide bonds. The molecule has 0 aliphatic carbocycles. The number of thiophene rings is 1. The molecule has 1 aromatic heterocycles. The van der Waals surface area contributed by atoms with Crippen LogP contribution in [0.4, 0.5) is 0 Å². The molecule has 24 heavy (non-hydrogen) atoms. The van der Waals surface area contributed by atoms with Gasteiger partial charge in [0.1, 0.15) is 0 Å². The van der Waals surface area contributed by atoms with Crippen LogP contribution in [0.15, 0.2) is 34.5 Å². The number of imide groups is 1. The van der Waals surface area contributed by atoms with E-state index in [0.717, 1.165) is 10.5 Å². The van der Waals surface area contributed by atoms with Crippen LogP contribution >= 0.6 is 11.3 Å². The average molecular weight is 362 g/mol. The van der Waals surface area contributed by atoms with Gasteiger partial charge in [0, 0.05) is 25.0 Å². The Kier molecular flexibility index (Phi) is 3.38. The minimum atomic E-state index is -3.71. The third-order valence-electron chi connectivity index (χ3n) is 4.47. The van der Waals surface area contributed by atoms with Crippen LogP contribution in [0.1, 0.15) is 31.2 Å². The van der Waals surface area contributed by atoms with E-state index in [1.807, 2.05) is 11.4 Å². The first-order valence-corrected chi connectivity index (χ1v) is 9.73. The van der Waals surface area contributed by atoms with Crippen molar-refractivity contribution in [2.45, 2.75) is 17.9 Å². The Balaban J connectivity index is 1.72. The Morgan fingerprint density at radius 3 is 2.62 bits per heavy atom. The molecule has 1 aromatic carbocycles. The minimum Gasteiger partial charge on any atom is -0.277 e. The van der Waals surface area contributed by atoms with Crippen LogP contribution < -0.4 is 0 Å². The number of hydrogen-bond acceptors (Lipinski definition) is 5. The Morgan fingerprint density at radius 1 is 1.08 bits per heavy atom. The molecule has 8 heteroatoms. The Hall–Kier alpha value is -2.03. The van der Waals surface area contributed by atoms with Crippen LogP contribution in [0, 0.1) is 0 Å². The van der Waals surface area contributed by atoms with Crippen molar-refractivity contribution < 1.29 is 18.0 Å². The van der Waals surface area contributed by atoms with Crippen molar-refractivity contribution in [2.24, 2.45) is 0 Å². The molecule has 2 aromatic rings. The average Bonchev–Trinajstić information content (AvgIpc) is 3.13. The zero-order valence-electron chi connectivity index (χ0n) is 12.9. The molecule has 2 aliphatic rings. The lowest BCUT2D eigenvalue weighted by molar-refractivity contribution is 0.0693. The predicted molar refractivity (Wildman–Crippen MR) is 88.5 cm³/mol. The number of benzene rings is 1. The molecule has 3 heterocycles. The summed E-state index contributed by atoms with van der Waals surface area (Å²) in [5, 5.41) is 1.97. The zero-order valence-corrected chi connectivity index (χ0v) is 14.5. The van der Waals surface area contributed by atoms with Gasteiger partial charge in [0.15, 0.2) is 0 Å². The lowest BCUT2D eigenvalue weighted by atomic mass is 10.1. The summed E-state index contributed by atoms with van der Waals surface area (Å²) in [6.07, 6.45) is 0.692. The van der Waals surface area contributed by atoms with Crippen molar-refractivity contribution in [1.82, 2.24) is 9.21 Å². The quantitative estimate of drug-likeness (QED) is 0.763. The predicted octanol–water partition coefficient (Wildman–Crippen LogP) is 1.72. The normalized spacial score (nSPS) is 18.0. The van der Waals surface area contributed by atoms with E-state index >= 15 is 0 Å². The summed E-state index contributed by atoms with van der Waals surface area (Å²) in [5.74, 6) is -0.870. The Bertz CT molecular complexity index is 978. The largest absolute Gasteiger partial charge is 0.277 e. The maximum Gasteiger partial charge on any atom is 0.261 e. The van der Waals surface area contributed by atoms with Crippen molar-refractivity contribution in [3.05, 3.63) is 51.2 Å². The van der Waals surface area contributed by atoms with Crippen LogP contribution in [0.3, 0.4) is 0 Å². The molecule has 0 spiro atoms. The maximum atomic E-state index is 12.9. The highest BCUT2D eigenvalue weighted by Gasteiger charge is 2.35. The number of carbonyl (C=O) groups is 2. The molecule has 0 radical (unpaired) electrons. The van der Waals surface area contributed by atoms with Gasteiger partial charge in [-0.1, -0.05) is 0 Å². The molecule has 0 bridgehead atoms. The number of amides is 2. The van der Waals surface area contributed by atoms with Gasteiger partial charge in [0.05, 0.1) is 16.0 Å². The first kappa shape index (κ1) is 15.5. The van der Waals surface area contributed by atoms with Crippen LogP contribution in [-0.4, -0.2) is 43.0 Å². The second-order valence-electron chi connectivity index (χ2n) is 5.83. The summed E-state index contributed by atoms with van der Waals surface area (Å²) in [6.45, 7) is 0.755. The van der Waals surface area contributed by atoms with Crippen LogP contribution in [-0.2, 0) is 23.0 Å². The minimum absolute atomic E-state index is 0.0522. The number of hydrogen-bond donors (Lipinski definition) is 0. The Labute approximate surface area is 143 Å². The van der Waals surface area contributed by atoms with Gasteiger partial charge in [0.2, 0.25) is 10.0 Å². The van der Waals surface area contributed by atoms with Gasteiger partial charge in [-0.25, -0.2) is 8.42 Å². The van der Waals surface area contributed by atoms with Crippen LogP contribution in [0.25, 0.3) is 0 Å². The molecule has 4 rings (SSSR count). The third-order valence-corrected chi connectivity index (χ3v) is 7.34. The molecule has 0 fully saturated rings. The number of sulfonamides is 1. The summed E-state index contributed by atoms with van der Waals surface area (Å²) in [7, 11) is -2.32. The monoisotopic (exact) mass is 362 g/mol. The number of nitrogens with zero attached hydrogens (tertiary/aromatic N) is 2. The van der Waals surface area contributed by atoms with Gasteiger partial charge < -0.3 is 0 Å². The van der Waals surface area contributed by atoms with E-state index in [4.69, 9.17) is 0 Å². The molecular weight excluding hydrogens is 348 g/mol. The highest BCUT2D eigenvalue weighted by molar-refractivity contribution is 7.89. The van der Waals surface area contributed by atoms with Crippen LogP contribution in [0.5, 0.6) is 0 Å². The second-order valence-corrected chi connectivity index (χ2v) is 8.77. The lowest BCUT2D eigenvalue weighted by Gasteiger charge is -2.26. The molecule has 0 unspecified atom stereocenters. The van der Waals surface area contributed by atoms with E-state index < -0.39 is 21.8 Å². The number of carbonyl (C=O) groups excluding carboxylic acids is 2. The first-order valence-electron chi connectivity index (χ1n) is 7.41. The summed E-state index contributed by atoms with van der Waals surface area (Å²) in [5.41, 5.74) is 1.43. The van der Waals surface area contributed by atoms with Crippen molar-refractivity contribution in [1.29, 1.82) is 0 Å². The van der Waals surface area contributed by atoms with Gasteiger partial charge in [-0.15, -0.1) is 11.3 Å². The SMILES string of the molecule is CN1C(=O)c2ccc(S(=O)(=O)N3CCc4sccc4C3)cc2C1=O. The number of fused-ring (bicyclic) bond motifs is 2. The molecule has 6 nitrogen and oxygen atoms in total. The molecular formula is C16H14N2O4S2. The molecule has 0 saturated carbocycles. The fraction of sp³-hybridized carbons (Fsp3) is 0.250. The first-order chi connectivity index (χ1) is 11.4. The highest BCUT2D eigenvalue weighted by Crippen LogP contribution is 2.30. The van der Waals surface area contributed by atoms with E-state index in [2.05, 4.69) is 0 Å². The van der Waals surface area contributed by atoms with E-state index in [0.29, 0.717) is 19.5 Å². The summed E-state index contributed by atoms with van der Waals surface area (Å²) < 4.78 is 27.2. The molecule has 124 valence electrons. The van der Waals surface area contributed by atoms with Crippen molar-refractivity contribution >= 4 is 33.2 Å². The Morgan fingerprint density at radius 2 is 1.83 bits per heavy atom. The second kappa shape index (κ2) is 5.23. The third kappa shape index (κ3) is 2.14. The number of rotatable bonds is 2. The van der Waals surface area contributed by atoms with Gasteiger partial charge in [-0.05, 0) is 41.6 Å². The van der Waals surface area contributed by atoms with Crippen molar-refractivity contribution in [3.63, 3.8) is 0 Å². The van der Waals surface area contributed by atoms with E-state index in [1.165, 1.54) is 34.4 Å². The zero-order chi connectivity index (χ0) is 17.1. The summed E-state index contributed by atoms with van der Waals surface area (Å²) in [4.78, 5) is 26.3. The van der Waals surface area contributed by atoms with Crippen molar-refractivity contribution in [2.75, 3.05) is 13.6 Å². The van der Waals surface area contributed by atoms with Gasteiger partial charge in [-0.3, -0.25) is 14.5 Å². The summed E-state index contributed by atoms with van der Waals surface area (Å²) >= 11 is 1.64. The van der Waals surface area contributed by atoms with Crippen LogP contribution in [0.2, 0.25) is 0 Å². The topological polar surface area (TPSA) is 74.8 Å². The molecule has 2 aliphatic heterocycles. The summed E-state index contributed by atoms with van der Waals surface area (Å²) in [6, 6.07) is 6.09. The van der Waals surface area contributed by atoms with Crippen molar-refractivity contribution in [3.8, 4) is 0 Å². The van der Waals surface area contributed by atoms with Gasteiger partial charge >= 0.3 is 0 Å².